The molecular formula is C10H18ClN3. The second-order valence-corrected chi connectivity index (χ2v) is 3.77. The fourth-order valence-corrected chi connectivity index (χ4v) is 1.48. The second kappa shape index (κ2) is 6.04. The van der Waals surface area contributed by atoms with E-state index >= 15 is 0 Å². The first kappa shape index (κ1) is 11.5. The van der Waals surface area contributed by atoms with Crippen LogP contribution in [0, 0.1) is 6.92 Å². The zero-order valence-corrected chi connectivity index (χ0v) is 9.64. The van der Waals surface area contributed by atoms with Crippen LogP contribution in [-0.4, -0.2) is 22.9 Å². The normalized spacial score (nSPS) is 10.8. The van der Waals surface area contributed by atoms with Crippen LogP contribution in [0.5, 0.6) is 0 Å². The van der Waals surface area contributed by atoms with Crippen LogP contribution in [0.4, 0.5) is 0 Å². The molecule has 1 aromatic heterocycles. The van der Waals surface area contributed by atoms with E-state index in [-0.39, 0.29) is 0 Å². The Balaban J connectivity index is 2.21. The van der Waals surface area contributed by atoms with E-state index in [1.807, 2.05) is 11.6 Å². The van der Waals surface area contributed by atoms with Crippen molar-refractivity contribution in [2.45, 2.75) is 33.2 Å². The molecule has 0 radical (unpaired) electrons. The minimum atomic E-state index is 0.761. The van der Waals surface area contributed by atoms with Crippen molar-refractivity contribution in [1.29, 1.82) is 0 Å². The van der Waals surface area contributed by atoms with Crippen LogP contribution >= 0.6 is 11.6 Å². The number of nitrogens with one attached hydrogen (secondary N) is 1. The van der Waals surface area contributed by atoms with Crippen molar-refractivity contribution in [2.24, 2.45) is 0 Å². The van der Waals surface area contributed by atoms with Gasteiger partial charge in [-0.3, -0.25) is 4.68 Å². The first-order valence-corrected chi connectivity index (χ1v) is 5.52. The highest BCUT2D eigenvalue weighted by molar-refractivity contribution is 6.31. The van der Waals surface area contributed by atoms with E-state index in [0.29, 0.717) is 0 Å². The van der Waals surface area contributed by atoms with Gasteiger partial charge in [0.05, 0.1) is 16.9 Å². The number of hydrogen-bond donors (Lipinski definition) is 1. The van der Waals surface area contributed by atoms with Crippen molar-refractivity contribution in [3.8, 4) is 0 Å². The van der Waals surface area contributed by atoms with Gasteiger partial charge >= 0.3 is 0 Å². The molecule has 0 amide bonds. The summed E-state index contributed by atoms with van der Waals surface area (Å²) >= 11 is 5.90. The summed E-state index contributed by atoms with van der Waals surface area (Å²) in [5, 5.41) is 8.26. The maximum atomic E-state index is 5.90. The number of rotatable bonds is 6. The molecule has 0 atom stereocenters. The second-order valence-electron chi connectivity index (χ2n) is 3.36. The molecule has 4 heteroatoms. The Labute approximate surface area is 90.4 Å². The Morgan fingerprint density at radius 3 is 2.86 bits per heavy atom. The molecular weight excluding hydrogens is 198 g/mol. The van der Waals surface area contributed by atoms with Gasteiger partial charge in [-0.1, -0.05) is 18.5 Å². The van der Waals surface area contributed by atoms with Crippen LogP contribution in [0.25, 0.3) is 0 Å². The van der Waals surface area contributed by atoms with E-state index in [2.05, 4.69) is 17.3 Å². The van der Waals surface area contributed by atoms with Gasteiger partial charge in [-0.15, -0.1) is 0 Å². The summed E-state index contributed by atoms with van der Waals surface area (Å²) in [4.78, 5) is 0. The molecule has 0 saturated heterocycles. The first-order chi connectivity index (χ1) is 6.75. The number of halogens is 1. The molecule has 0 aliphatic heterocycles. The van der Waals surface area contributed by atoms with Gasteiger partial charge in [0.1, 0.15) is 0 Å². The van der Waals surface area contributed by atoms with Gasteiger partial charge in [0, 0.05) is 6.54 Å². The number of aromatic nitrogens is 2. The molecule has 0 unspecified atom stereocenters. The van der Waals surface area contributed by atoms with Crippen molar-refractivity contribution in [3.05, 3.63) is 16.9 Å². The Hall–Kier alpha value is -0.540. The van der Waals surface area contributed by atoms with Gasteiger partial charge in [-0.2, -0.15) is 5.10 Å². The Bertz CT molecular complexity index is 270. The van der Waals surface area contributed by atoms with Crippen molar-refractivity contribution < 1.29 is 0 Å². The van der Waals surface area contributed by atoms with Gasteiger partial charge in [-0.25, -0.2) is 0 Å². The van der Waals surface area contributed by atoms with Crippen LogP contribution in [0.2, 0.25) is 5.02 Å². The summed E-state index contributed by atoms with van der Waals surface area (Å²) in [7, 11) is 0. The summed E-state index contributed by atoms with van der Waals surface area (Å²) < 4.78 is 1.97. The Morgan fingerprint density at radius 1 is 1.50 bits per heavy atom. The molecule has 0 aliphatic rings. The molecule has 0 spiro atoms. The monoisotopic (exact) mass is 215 g/mol. The maximum absolute atomic E-state index is 5.90. The average molecular weight is 216 g/mol. The van der Waals surface area contributed by atoms with Crippen molar-refractivity contribution in [2.75, 3.05) is 13.1 Å². The molecule has 80 valence electrons. The maximum Gasteiger partial charge on any atom is 0.0814 e. The van der Waals surface area contributed by atoms with E-state index in [9.17, 15) is 0 Å². The first-order valence-electron chi connectivity index (χ1n) is 5.14. The van der Waals surface area contributed by atoms with Crippen LogP contribution in [0.3, 0.4) is 0 Å². The van der Waals surface area contributed by atoms with Crippen molar-refractivity contribution in [1.82, 2.24) is 15.1 Å². The summed E-state index contributed by atoms with van der Waals surface area (Å²) in [5.74, 6) is 0. The molecule has 0 aliphatic carbocycles. The predicted octanol–water partition coefficient (Wildman–Crippen LogP) is 2.23. The summed E-state index contributed by atoms with van der Waals surface area (Å²) in [6, 6.07) is 0. The molecule has 3 nitrogen and oxygen atoms in total. The predicted molar refractivity (Wildman–Crippen MR) is 59.8 cm³/mol. The molecule has 0 fully saturated rings. The lowest BCUT2D eigenvalue weighted by molar-refractivity contribution is 0.531. The third kappa shape index (κ3) is 3.31. The SMILES string of the molecule is CCNCCCCn1ncc(Cl)c1C. The summed E-state index contributed by atoms with van der Waals surface area (Å²) in [6.07, 6.45) is 4.04. The zero-order valence-electron chi connectivity index (χ0n) is 8.89. The highest BCUT2D eigenvalue weighted by Gasteiger charge is 2.02. The fourth-order valence-electron chi connectivity index (χ4n) is 1.34. The summed E-state index contributed by atoms with van der Waals surface area (Å²) in [6.45, 7) is 7.22. The Morgan fingerprint density at radius 2 is 2.29 bits per heavy atom. The van der Waals surface area contributed by atoms with E-state index in [0.717, 1.165) is 36.8 Å². The van der Waals surface area contributed by atoms with Crippen molar-refractivity contribution in [3.63, 3.8) is 0 Å². The standard InChI is InChI=1S/C10H18ClN3/c1-3-12-6-4-5-7-14-9(2)10(11)8-13-14/h8,12H,3-7H2,1-2H3. The molecule has 0 aromatic carbocycles. The van der Waals surface area contributed by atoms with Gasteiger partial charge in [0.15, 0.2) is 0 Å². The molecule has 0 saturated carbocycles. The third-order valence-electron chi connectivity index (χ3n) is 2.27. The highest BCUT2D eigenvalue weighted by atomic mass is 35.5. The molecule has 0 bridgehead atoms. The molecule has 14 heavy (non-hydrogen) atoms. The van der Waals surface area contributed by atoms with Crippen molar-refractivity contribution >= 4 is 11.6 Å². The number of unbranched alkanes of at least 4 members (excludes halogenated alkanes) is 1. The van der Waals surface area contributed by atoms with E-state index in [4.69, 9.17) is 11.6 Å². The highest BCUT2D eigenvalue weighted by Crippen LogP contribution is 2.13. The molecule has 1 N–H and O–H groups in total. The van der Waals surface area contributed by atoms with Crippen LogP contribution in [-0.2, 0) is 6.54 Å². The van der Waals surface area contributed by atoms with E-state index in [1.54, 1.807) is 6.20 Å². The lowest BCUT2D eigenvalue weighted by atomic mass is 10.3. The molecule has 1 rings (SSSR count). The van der Waals surface area contributed by atoms with Crippen LogP contribution in [0.1, 0.15) is 25.5 Å². The summed E-state index contributed by atoms with van der Waals surface area (Å²) in [5.41, 5.74) is 1.06. The Kier molecular flexibility index (Phi) is 4.98. The topological polar surface area (TPSA) is 29.9 Å². The third-order valence-corrected chi connectivity index (χ3v) is 2.64. The lowest BCUT2D eigenvalue weighted by Gasteiger charge is -2.04. The minimum Gasteiger partial charge on any atom is -0.317 e. The van der Waals surface area contributed by atoms with Gasteiger partial charge in [-0.05, 0) is 32.9 Å². The van der Waals surface area contributed by atoms with Gasteiger partial charge < -0.3 is 5.32 Å². The largest absolute Gasteiger partial charge is 0.317 e. The van der Waals surface area contributed by atoms with E-state index in [1.165, 1.54) is 6.42 Å². The molecule has 1 aromatic rings. The number of hydrogen-bond acceptors (Lipinski definition) is 2. The van der Waals surface area contributed by atoms with Crippen LogP contribution in [0.15, 0.2) is 6.20 Å². The minimum absolute atomic E-state index is 0.761. The smallest absolute Gasteiger partial charge is 0.0814 e. The van der Waals surface area contributed by atoms with Crippen LogP contribution < -0.4 is 5.32 Å². The quantitative estimate of drug-likeness (QED) is 0.738. The van der Waals surface area contributed by atoms with Gasteiger partial charge in [0.2, 0.25) is 0 Å². The number of aryl methyl sites for hydroxylation is 1. The average Bonchev–Trinajstić information content (AvgIpc) is 2.49. The zero-order chi connectivity index (χ0) is 10.4. The van der Waals surface area contributed by atoms with Gasteiger partial charge in [0.25, 0.3) is 0 Å². The van der Waals surface area contributed by atoms with E-state index < -0.39 is 0 Å². The number of nitrogens with zero attached hydrogens (tertiary/aromatic N) is 2. The fraction of sp³-hybridized carbons (Fsp3) is 0.700. The lowest BCUT2D eigenvalue weighted by Crippen LogP contribution is -2.14. The molecule has 1 heterocycles.